The van der Waals surface area contributed by atoms with E-state index in [1.54, 1.807) is 19.2 Å². The minimum atomic E-state index is -0.228. The maximum Gasteiger partial charge on any atom is 0.271 e. The highest BCUT2D eigenvalue weighted by molar-refractivity contribution is 5.91. The van der Waals surface area contributed by atoms with Crippen LogP contribution in [-0.4, -0.2) is 29.2 Å². The molecular weight excluding hydrogens is 276 g/mol. The van der Waals surface area contributed by atoms with Crippen LogP contribution in [0.4, 0.5) is 5.82 Å². The molecule has 2 aromatic rings. The van der Waals surface area contributed by atoms with Crippen molar-refractivity contribution in [1.29, 1.82) is 0 Å². The first-order chi connectivity index (χ1) is 10.7. The Morgan fingerprint density at radius 1 is 1.14 bits per heavy atom. The molecule has 1 amide bonds. The van der Waals surface area contributed by atoms with Crippen molar-refractivity contribution in [1.82, 2.24) is 15.5 Å². The zero-order valence-electron chi connectivity index (χ0n) is 13.0. The van der Waals surface area contributed by atoms with Gasteiger partial charge in [-0.15, -0.1) is 10.2 Å². The van der Waals surface area contributed by atoms with Crippen molar-refractivity contribution >= 4 is 11.7 Å². The SMILES string of the molecule is CCCC(Cc1ccccc1)Nc1ccc(C(=O)NC)nn1. The summed E-state index contributed by atoms with van der Waals surface area (Å²) in [5.41, 5.74) is 1.62. The predicted molar refractivity (Wildman–Crippen MR) is 87.9 cm³/mol. The van der Waals surface area contributed by atoms with Gasteiger partial charge in [0, 0.05) is 13.1 Å². The van der Waals surface area contributed by atoms with E-state index in [9.17, 15) is 4.79 Å². The van der Waals surface area contributed by atoms with Crippen LogP contribution >= 0.6 is 0 Å². The van der Waals surface area contributed by atoms with Gasteiger partial charge in [0.1, 0.15) is 5.82 Å². The largest absolute Gasteiger partial charge is 0.366 e. The molecule has 1 unspecified atom stereocenters. The molecule has 0 radical (unpaired) electrons. The minimum Gasteiger partial charge on any atom is -0.366 e. The summed E-state index contributed by atoms with van der Waals surface area (Å²) in [5, 5.41) is 14.0. The molecule has 0 aliphatic carbocycles. The van der Waals surface area contributed by atoms with Crippen LogP contribution in [0.15, 0.2) is 42.5 Å². The summed E-state index contributed by atoms with van der Waals surface area (Å²) in [6.45, 7) is 2.17. The number of anilines is 1. The summed E-state index contributed by atoms with van der Waals surface area (Å²) >= 11 is 0. The number of carbonyl (C=O) groups is 1. The summed E-state index contributed by atoms with van der Waals surface area (Å²) in [4.78, 5) is 11.5. The molecular formula is C17H22N4O. The van der Waals surface area contributed by atoms with Crippen LogP contribution < -0.4 is 10.6 Å². The molecule has 0 bridgehead atoms. The Labute approximate surface area is 131 Å². The molecule has 0 spiro atoms. The zero-order chi connectivity index (χ0) is 15.8. The van der Waals surface area contributed by atoms with Gasteiger partial charge in [0.05, 0.1) is 0 Å². The van der Waals surface area contributed by atoms with Crippen LogP contribution in [0.2, 0.25) is 0 Å². The smallest absolute Gasteiger partial charge is 0.271 e. The minimum absolute atomic E-state index is 0.228. The van der Waals surface area contributed by atoms with Gasteiger partial charge >= 0.3 is 0 Å². The summed E-state index contributed by atoms with van der Waals surface area (Å²) in [7, 11) is 1.58. The van der Waals surface area contributed by atoms with E-state index < -0.39 is 0 Å². The quantitative estimate of drug-likeness (QED) is 0.824. The van der Waals surface area contributed by atoms with Crippen molar-refractivity contribution in [2.75, 3.05) is 12.4 Å². The highest BCUT2D eigenvalue weighted by Crippen LogP contribution is 2.13. The molecule has 22 heavy (non-hydrogen) atoms. The van der Waals surface area contributed by atoms with Crippen LogP contribution in [0, 0.1) is 0 Å². The Bertz CT molecular complexity index is 583. The monoisotopic (exact) mass is 298 g/mol. The van der Waals surface area contributed by atoms with Crippen molar-refractivity contribution < 1.29 is 4.79 Å². The van der Waals surface area contributed by atoms with E-state index in [-0.39, 0.29) is 5.91 Å². The van der Waals surface area contributed by atoms with Crippen LogP contribution in [0.1, 0.15) is 35.8 Å². The molecule has 0 fully saturated rings. The third-order valence-corrected chi connectivity index (χ3v) is 3.44. The Balaban J connectivity index is 2.02. The lowest BCUT2D eigenvalue weighted by Gasteiger charge is -2.18. The standard InChI is InChI=1S/C17H22N4O/c1-3-7-14(12-13-8-5-4-6-9-13)19-16-11-10-15(20-21-16)17(22)18-2/h4-6,8-11,14H,3,7,12H2,1-2H3,(H,18,22)(H,19,21). The normalized spacial score (nSPS) is 11.7. The molecule has 0 aliphatic rings. The topological polar surface area (TPSA) is 66.9 Å². The third-order valence-electron chi connectivity index (χ3n) is 3.44. The fourth-order valence-corrected chi connectivity index (χ4v) is 2.34. The number of nitrogens with one attached hydrogen (secondary N) is 2. The van der Waals surface area contributed by atoms with Crippen LogP contribution in [0.5, 0.6) is 0 Å². The molecule has 116 valence electrons. The second-order valence-electron chi connectivity index (χ2n) is 5.20. The zero-order valence-corrected chi connectivity index (χ0v) is 13.0. The van der Waals surface area contributed by atoms with E-state index >= 15 is 0 Å². The lowest BCUT2D eigenvalue weighted by Crippen LogP contribution is -2.24. The molecule has 5 heteroatoms. The number of hydrogen-bond acceptors (Lipinski definition) is 4. The third kappa shape index (κ3) is 4.55. The van der Waals surface area contributed by atoms with Crippen molar-refractivity contribution in [2.24, 2.45) is 0 Å². The summed E-state index contributed by atoms with van der Waals surface area (Å²) in [5.74, 6) is 0.468. The van der Waals surface area contributed by atoms with Crippen molar-refractivity contribution in [3.8, 4) is 0 Å². The second-order valence-corrected chi connectivity index (χ2v) is 5.20. The highest BCUT2D eigenvalue weighted by atomic mass is 16.1. The van der Waals surface area contributed by atoms with Gasteiger partial charge < -0.3 is 10.6 Å². The van der Waals surface area contributed by atoms with Crippen molar-refractivity contribution in [3.63, 3.8) is 0 Å². The Hall–Kier alpha value is -2.43. The number of hydrogen-bond donors (Lipinski definition) is 2. The van der Waals surface area contributed by atoms with Crippen LogP contribution in [-0.2, 0) is 6.42 Å². The molecule has 0 saturated heterocycles. The number of nitrogens with zero attached hydrogens (tertiary/aromatic N) is 2. The van der Waals surface area contributed by atoms with Gasteiger partial charge in [0.15, 0.2) is 5.69 Å². The average Bonchev–Trinajstić information content (AvgIpc) is 2.56. The first-order valence-corrected chi connectivity index (χ1v) is 7.59. The molecule has 0 aliphatic heterocycles. The van der Waals surface area contributed by atoms with Crippen LogP contribution in [0.3, 0.4) is 0 Å². The van der Waals surface area contributed by atoms with Crippen molar-refractivity contribution in [2.45, 2.75) is 32.2 Å². The molecule has 2 rings (SSSR count). The van der Waals surface area contributed by atoms with Gasteiger partial charge in [-0.05, 0) is 30.5 Å². The van der Waals surface area contributed by atoms with E-state index in [1.807, 2.05) is 6.07 Å². The Morgan fingerprint density at radius 3 is 2.50 bits per heavy atom. The molecule has 1 aromatic heterocycles. The Kier molecular flexibility index (Phi) is 5.89. The highest BCUT2D eigenvalue weighted by Gasteiger charge is 2.11. The number of carbonyl (C=O) groups excluding carboxylic acids is 1. The maximum absolute atomic E-state index is 11.5. The molecule has 0 saturated carbocycles. The molecule has 2 N–H and O–H groups in total. The molecule has 5 nitrogen and oxygen atoms in total. The second kappa shape index (κ2) is 8.12. The van der Waals surface area contributed by atoms with E-state index in [0.29, 0.717) is 17.6 Å². The summed E-state index contributed by atoms with van der Waals surface area (Å²) < 4.78 is 0. The number of amides is 1. The first-order valence-electron chi connectivity index (χ1n) is 7.59. The molecule has 1 aromatic carbocycles. The number of aromatic nitrogens is 2. The number of benzene rings is 1. The van der Waals surface area contributed by atoms with E-state index in [1.165, 1.54) is 5.56 Å². The van der Waals surface area contributed by atoms with Gasteiger partial charge in [0.25, 0.3) is 5.91 Å². The summed E-state index contributed by atoms with van der Waals surface area (Å²) in [6.07, 6.45) is 3.08. The fraction of sp³-hybridized carbons (Fsp3) is 0.353. The van der Waals surface area contributed by atoms with Gasteiger partial charge in [-0.25, -0.2) is 0 Å². The van der Waals surface area contributed by atoms with E-state index in [0.717, 1.165) is 19.3 Å². The van der Waals surface area contributed by atoms with Gasteiger partial charge in [-0.2, -0.15) is 0 Å². The first kappa shape index (κ1) is 15.9. The Morgan fingerprint density at radius 2 is 1.91 bits per heavy atom. The maximum atomic E-state index is 11.5. The van der Waals surface area contributed by atoms with E-state index in [2.05, 4.69) is 52.0 Å². The van der Waals surface area contributed by atoms with Gasteiger partial charge in [-0.1, -0.05) is 43.7 Å². The predicted octanol–water partition coefficient (Wildman–Crippen LogP) is 2.66. The number of rotatable bonds is 7. The molecule has 1 heterocycles. The van der Waals surface area contributed by atoms with E-state index in [4.69, 9.17) is 0 Å². The molecule has 1 atom stereocenters. The average molecular weight is 298 g/mol. The summed E-state index contributed by atoms with van der Waals surface area (Å²) in [6, 6.07) is 14.2. The van der Waals surface area contributed by atoms with Crippen LogP contribution in [0.25, 0.3) is 0 Å². The van der Waals surface area contributed by atoms with Gasteiger partial charge in [-0.3, -0.25) is 4.79 Å². The lowest BCUT2D eigenvalue weighted by atomic mass is 10.0. The lowest BCUT2D eigenvalue weighted by molar-refractivity contribution is 0.0957. The fourth-order valence-electron chi connectivity index (χ4n) is 2.34. The van der Waals surface area contributed by atoms with Crippen molar-refractivity contribution in [3.05, 3.63) is 53.7 Å². The van der Waals surface area contributed by atoms with Gasteiger partial charge in [0.2, 0.25) is 0 Å².